The fourth-order valence-corrected chi connectivity index (χ4v) is 2.05. The summed E-state index contributed by atoms with van der Waals surface area (Å²) in [5.41, 5.74) is 0.308. The van der Waals surface area contributed by atoms with E-state index >= 15 is 0 Å². The van der Waals surface area contributed by atoms with Crippen LogP contribution < -0.4 is 0 Å². The SMILES string of the molecule is O=C(/C(Cl)=C/n1ccnc1)c1ccc(Cl)cc1Cl. The Balaban J connectivity index is 2.31. The molecule has 0 unspecified atom stereocenters. The highest BCUT2D eigenvalue weighted by Crippen LogP contribution is 2.24. The molecule has 0 aliphatic carbocycles. The first-order chi connectivity index (χ1) is 8.58. The summed E-state index contributed by atoms with van der Waals surface area (Å²) in [6.45, 7) is 0. The molecule has 2 rings (SSSR count). The fourth-order valence-electron chi connectivity index (χ4n) is 1.34. The highest BCUT2D eigenvalue weighted by molar-refractivity contribution is 6.48. The van der Waals surface area contributed by atoms with Crippen molar-refractivity contribution in [3.05, 3.63) is 57.6 Å². The molecular formula is C12H7Cl3N2O. The number of Topliss-reactive ketones (excluding diaryl/α,β-unsaturated/α-hetero) is 1. The smallest absolute Gasteiger partial charge is 0.207 e. The predicted octanol–water partition coefficient (Wildman–Crippen LogP) is 4.11. The van der Waals surface area contributed by atoms with E-state index in [9.17, 15) is 4.79 Å². The minimum atomic E-state index is -0.368. The number of ketones is 1. The molecule has 0 radical (unpaired) electrons. The molecule has 92 valence electrons. The van der Waals surface area contributed by atoms with Crippen molar-refractivity contribution in [1.82, 2.24) is 9.55 Å². The summed E-state index contributed by atoms with van der Waals surface area (Å²) in [4.78, 5) is 15.9. The van der Waals surface area contributed by atoms with Crippen LogP contribution in [-0.4, -0.2) is 15.3 Å². The van der Waals surface area contributed by atoms with Crippen molar-refractivity contribution < 1.29 is 4.79 Å². The summed E-state index contributed by atoms with van der Waals surface area (Å²) in [7, 11) is 0. The monoisotopic (exact) mass is 300 g/mol. The molecule has 18 heavy (non-hydrogen) atoms. The Hall–Kier alpha value is -1.29. The Morgan fingerprint density at radius 1 is 1.33 bits per heavy atom. The number of allylic oxidation sites excluding steroid dienone is 1. The van der Waals surface area contributed by atoms with Crippen LogP contribution >= 0.6 is 34.8 Å². The number of hydrogen-bond donors (Lipinski definition) is 0. The molecular weight excluding hydrogens is 295 g/mol. The van der Waals surface area contributed by atoms with Crippen molar-refractivity contribution >= 4 is 46.8 Å². The number of aromatic nitrogens is 2. The summed E-state index contributed by atoms with van der Waals surface area (Å²) >= 11 is 17.6. The number of nitrogens with zero attached hydrogens (tertiary/aromatic N) is 2. The lowest BCUT2D eigenvalue weighted by molar-refractivity contribution is 0.104. The normalized spacial score (nSPS) is 11.6. The van der Waals surface area contributed by atoms with E-state index in [4.69, 9.17) is 34.8 Å². The molecule has 0 aliphatic heterocycles. The van der Waals surface area contributed by atoms with Crippen molar-refractivity contribution in [3.63, 3.8) is 0 Å². The number of benzene rings is 1. The lowest BCUT2D eigenvalue weighted by atomic mass is 10.1. The number of imidazole rings is 1. The average molecular weight is 302 g/mol. The van der Waals surface area contributed by atoms with Gasteiger partial charge in [-0.2, -0.15) is 0 Å². The van der Waals surface area contributed by atoms with Gasteiger partial charge in [-0.15, -0.1) is 0 Å². The molecule has 0 atom stereocenters. The van der Waals surface area contributed by atoms with Gasteiger partial charge in [-0.3, -0.25) is 4.79 Å². The molecule has 0 saturated carbocycles. The van der Waals surface area contributed by atoms with E-state index in [-0.39, 0.29) is 15.8 Å². The Morgan fingerprint density at radius 2 is 2.11 bits per heavy atom. The fraction of sp³-hybridized carbons (Fsp3) is 0. The van der Waals surface area contributed by atoms with Crippen molar-refractivity contribution in [2.45, 2.75) is 0 Å². The van der Waals surface area contributed by atoms with E-state index in [0.717, 1.165) is 0 Å². The molecule has 0 amide bonds. The van der Waals surface area contributed by atoms with Gasteiger partial charge in [-0.05, 0) is 18.2 Å². The highest BCUT2D eigenvalue weighted by atomic mass is 35.5. The standard InChI is InChI=1S/C12H7Cl3N2O/c13-8-1-2-9(10(14)5-8)12(18)11(15)6-17-4-3-16-7-17/h1-7H/b11-6-. The van der Waals surface area contributed by atoms with Gasteiger partial charge in [-0.1, -0.05) is 34.8 Å². The van der Waals surface area contributed by atoms with Gasteiger partial charge in [0.1, 0.15) is 5.03 Å². The zero-order valence-corrected chi connectivity index (χ0v) is 11.2. The zero-order valence-electron chi connectivity index (χ0n) is 8.98. The summed E-state index contributed by atoms with van der Waals surface area (Å²) < 4.78 is 1.57. The highest BCUT2D eigenvalue weighted by Gasteiger charge is 2.14. The molecule has 0 N–H and O–H groups in total. The molecule has 0 saturated heterocycles. The maximum absolute atomic E-state index is 12.0. The van der Waals surface area contributed by atoms with E-state index in [1.54, 1.807) is 23.0 Å². The summed E-state index contributed by atoms with van der Waals surface area (Å²) in [6.07, 6.45) is 6.24. The Morgan fingerprint density at radius 3 is 2.72 bits per heavy atom. The second-order valence-electron chi connectivity index (χ2n) is 3.44. The number of halogens is 3. The quantitative estimate of drug-likeness (QED) is 0.631. The third-order valence-corrected chi connectivity index (χ3v) is 3.00. The lowest BCUT2D eigenvalue weighted by Gasteiger charge is -2.03. The van der Waals surface area contributed by atoms with Crippen LogP contribution in [0.2, 0.25) is 10.0 Å². The number of carbonyl (C=O) groups excluding carboxylic acids is 1. The summed E-state index contributed by atoms with van der Waals surface area (Å²) in [5.74, 6) is -0.368. The lowest BCUT2D eigenvalue weighted by Crippen LogP contribution is -2.01. The third-order valence-electron chi connectivity index (χ3n) is 2.18. The van der Waals surface area contributed by atoms with Crippen LogP contribution in [0.15, 0.2) is 42.0 Å². The third kappa shape index (κ3) is 2.93. The van der Waals surface area contributed by atoms with Crippen LogP contribution in [0.3, 0.4) is 0 Å². The molecule has 0 spiro atoms. The molecule has 1 aromatic carbocycles. The van der Waals surface area contributed by atoms with Gasteiger partial charge < -0.3 is 4.57 Å². The second kappa shape index (κ2) is 5.57. The van der Waals surface area contributed by atoms with E-state index < -0.39 is 0 Å². The minimum absolute atomic E-state index is 0.0391. The van der Waals surface area contributed by atoms with Gasteiger partial charge in [0, 0.05) is 29.2 Å². The first-order valence-electron chi connectivity index (χ1n) is 4.92. The van der Waals surface area contributed by atoms with Gasteiger partial charge in [0.2, 0.25) is 5.78 Å². The van der Waals surface area contributed by atoms with Gasteiger partial charge in [-0.25, -0.2) is 4.98 Å². The van der Waals surface area contributed by atoms with Crippen molar-refractivity contribution in [3.8, 4) is 0 Å². The first-order valence-corrected chi connectivity index (χ1v) is 6.06. The first kappa shape index (κ1) is 13.1. The van der Waals surface area contributed by atoms with Crippen molar-refractivity contribution in [1.29, 1.82) is 0 Å². The zero-order chi connectivity index (χ0) is 13.1. The Bertz CT molecular complexity index is 606. The van der Waals surface area contributed by atoms with E-state index in [1.807, 2.05) is 0 Å². The van der Waals surface area contributed by atoms with Crippen LogP contribution in [0, 0.1) is 0 Å². The van der Waals surface area contributed by atoms with Gasteiger partial charge in [0.05, 0.1) is 11.3 Å². The van der Waals surface area contributed by atoms with E-state index in [1.165, 1.54) is 24.7 Å². The topological polar surface area (TPSA) is 34.9 Å². The van der Waals surface area contributed by atoms with Gasteiger partial charge >= 0.3 is 0 Å². The number of rotatable bonds is 3. The van der Waals surface area contributed by atoms with Crippen molar-refractivity contribution in [2.24, 2.45) is 0 Å². The van der Waals surface area contributed by atoms with Crippen LogP contribution in [0.4, 0.5) is 0 Å². The number of hydrogen-bond acceptors (Lipinski definition) is 2. The van der Waals surface area contributed by atoms with Crippen molar-refractivity contribution in [2.75, 3.05) is 0 Å². The summed E-state index contributed by atoms with van der Waals surface area (Å²) in [5, 5.41) is 0.771. The Kier molecular flexibility index (Phi) is 4.07. The average Bonchev–Trinajstić information content (AvgIpc) is 2.81. The molecule has 0 bridgehead atoms. The molecule has 0 fully saturated rings. The second-order valence-corrected chi connectivity index (χ2v) is 4.69. The molecule has 0 aliphatic rings. The molecule has 6 heteroatoms. The van der Waals surface area contributed by atoms with E-state index in [2.05, 4.69) is 4.98 Å². The largest absolute Gasteiger partial charge is 0.311 e. The summed E-state index contributed by atoms with van der Waals surface area (Å²) in [6, 6.07) is 4.62. The van der Waals surface area contributed by atoms with Gasteiger partial charge in [0.25, 0.3) is 0 Å². The maximum atomic E-state index is 12.0. The molecule has 3 nitrogen and oxygen atoms in total. The van der Waals surface area contributed by atoms with Crippen LogP contribution in [0.25, 0.3) is 6.20 Å². The molecule has 1 heterocycles. The number of carbonyl (C=O) groups is 1. The van der Waals surface area contributed by atoms with Gasteiger partial charge in [0.15, 0.2) is 0 Å². The minimum Gasteiger partial charge on any atom is -0.311 e. The van der Waals surface area contributed by atoms with Crippen LogP contribution in [0.5, 0.6) is 0 Å². The Labute approximate surface area is 119 Å². The van der Waals surface area contributed by atoms with E-state index in [0.29, 0.717) is 10.6 Å². The molecule has 1 aromatic heterocycles. The maximum Gasteiger partial charge on any atom is 0.207 e. The van der Waals surface area contributed by atoms with Crippen LogP contribution in [-0.2, 0) is 0 Å². The molecule has 2 aromatic rings. The predicted molar refractivity (Wildman–Crippen MR) is 73.1 cm³/mol. The van der Waals surface area contributed by atoms with Crippen LogP contribution in [0.1, 0.15) is 10.4 Å².